The molecule has 1 aliphatic heterocycles. The predicted molar refractivity (Wildman–Crippen MR) is 90.3 cm³/mol. The van der Waals surface area contributed by atoms with Crippen LogP contribution in [0.5, 0.6) is 5.75 Å². The second-order valence-corrected chi connectivity index (χ2v) is 5.85. The quantitative estimate of drug-likeness (QED) is 0.859. The topological polar surface area (TPSA) is 33.3 Å². The van der Waals surface area contributed by atoms with Crippen LogP contribution in [0.1, 0.15) is 30.9 Å². The number of nitrogens with one attached hydrogen (secondary N) is 2. The molecule has 1 atom stereocenters. The van der Waals surface area contributed by atoms with Crippen LogP contribution in [-0.4, -0.2) is 7.11 Å². The summed E-state index contributed by atoms with van der Waals surface area (Å²) < 4.78 is 5.49. The van der Waals surface area contributed by atoms with Crippen LogP contribution in [0.3, 0.4) is 0 Å². The fraction of sp³-hybridized carbons (Fsp3) is 0.263. The number of anilines is 2. The molecule has 0 bridgehead atoms. The summed E-state index contributed by atoms with van der Waals surface area (Å²) in [5.41, 5.74) is 6.46. The van der Waals surface area contributed by atoms with Crippen molar-refractivity contribution in [2.45, 2.75) is 25.3 Å². The molecule has 3 nitrogen and oxygen atoms in total. The number of fused-ring (bicyclic) bond motifs is 1. The van der Waals surface area contributed by atoms with Gasteiger partial charge in [-0.3, -0.25) is 0 Å². The van der Waals surface area contributed by atoms with Crippen LogP contribution < -0.4 is 15.4 Å². The zero-order chi connectivity index (χ0) is 14.9. The van der Waals surface area contributed by atoms with Crippen molar-refractivity contribution in [3.63, 3.8) is 0 Å². The summed E-state index contributed by atoms with van der Waals surface area (Å²) in [6.45, 7) is 0. The molecule has 1 heterocycles. The van der Waals surface area contributed by atoms with Crippen LogP contribution in [0.2, 0.25) is 0 Å². The Bertz CT molecular complexity index is 736. The maximum absolute atomic E-state index is 5.49. The Balaban J connectivity index is 1.76. The van der Waals surface area contributed by atoms with Crippen molar-refractivity contribution in [1.29, 1.82) is 0 Å². The maximum Gasteiger partial charge on any atom is 0.141 e. The normalized spacial score (nSPS) is 19.2. The SMILES string of the molecule is COc1ccccc1NC1C2=C(CCC2)Nc2ccccc21. The van der Waals surface area contributed by atoms with Crippen LogP contribution >= 0.6 is 0 Å². The minimum Gasteiger partial charge on any atom is -0.495 e. The van der Waals surface area contributed by atoms with Crippen molar-refractivity contribution in [2.75, 3.05) is 17.7 Å². The Morgan fingerprint density at radius 3 is 2.77 bits per heavy atom. The van der Waals surface area contributed by atoms with Gasteiger partial charge in [0.25, 0.3) is 0 Å². The van der Waals surface area contributed by atoms with Crippen LogP contribution in [0.25, 0.3) is 0 Å². The van der Waals surface area contributed by atoms with Gasteiger partial charge < -0.3 is 15.4 Å². The van der Waals surface area contributed by atoms with E-state index in [-0.39, 0.29) is 6.04 Å². The molecular formula is C19H20N2O. The van der Waals surface area contributed by atoms with Crippen LogP contribution in [0.15, 0.2) is 59.8 Å². The monoisotopic (exact) mass is 292 g/mol. The lowest BCUT2D eigenvalue weighted by molar-refractivity contribution is 0.416. The third-order valence-corrected chi connectivity index (χ3v) is 4.57. The van der Waals surface area contributed by atoms with Crippen molar-refractivity contribution in [1.82, 2.24) is 0 Å². The van der Waals surface area contributed by atoms with Gasteiger partial charge in [0.05, 0.1) is 18.8 Å². The summed E-state index contributed by atoms with van der Waals surface area (Å²) in [5.74, 6) is 0.888. The van der Waals surface area contributed by atoms with Crippen molar-refractivity contribution in [3.05, 3.63) is 65.4 Å². The lowest BCUT2D eigenvalue weighted by atomic mass is 9.92. The molecule has 0 saturated carbocycles. The number of ether oxygens (including phenoxy) is 1. The molecule has 0 saturated heterocycles. The first-order valence-electron chi connectivity index (χ1n) is 7.84. The Morgan fingerprint density at radius 1 is 1.05 bits per heavy atom. The van der Waals surface area contributed by atoms with Gasteiger partial charge in [0.15, 0.2) is 0 Å². The standard InChI is InChI=1S/C19H20N2O/c1-22-18-12-5-4-10-17(18)21-19-13-7-2-3-9-15(13)20-16-11-6-8-14(16)19/h2-5,7,9-10,12,19-21H,6,8,11H2,1H3. The number of hydrogen-bond donors (Lipinski definition) is 2. The predicted octanol–water partition coefficient (Wildman–Crippen LogP) is 4.71. The lowest BCUT2D eigenvalue weighted by Crippen LogP contribution is -2.21. The fourth-order valence-corrected chi connectivity index (χ4v) is 3.53. The molecule has 3 heteroatoms. The van der Waals surface area contributed by atoms with Crippen molar-refractivity contribution in [2.24, 2.45) is 0 Å². The molecule has 2 aromatic rings. The number of hydrogen-bond acceptors (Lipinski definition) is 3. The van der Waals surface area contributed by atoms with Crippen LogP contribution in [0.4, 0.5) is 11.4 Å². The summed E-state index contributed by atoms with van der Waals surface area (Å²) in [7, 11) is 1.72. The highest BCUT2D eigenvalue weighted by atomic mass is 16.5. The van der Waals surface area contributed by atoms with E-state index in [0.717, 1.165) is 24.3 Å². The molecule has 0 amide bonds. The molecule has 1 aliphatic carbocycles. The zero-order valence-corrected chi connectivity index (χ0v) is 12.7. The van der Waals surface area contributed by atoms with E-state index in [1.807, 2.05) is 18.2 Å². The Morgan fingerprint density at radius 2 is 1.86 bits per heavy atom. The molecule has 0 aromatic heterocycles. The molecule has 0 radical (unpaired) electrons. The van der Waals surface area contributed by atoms with Gasteiger partial charge in [-0.25, -0.2) is 0 Å². The van der Waals surface area contributed by atoms with Gasteiger partial charge in [0.2, 0.25) is 0 Å². The van der Waals surface area contributed by atoms with Crippen molar-refractivity contribution >= 4 is 11.4 Å². The summed E-state index contributed by atoms with van der Waals surface area (Å²) in [5, 5.41) is 7.32. The third kappa shape index (κ3) is 2.13. The molecule has 112 valence electrons. The van der Waals surface area contributed by atoms with E-state index in [1.165, 1.54) is 28.9 Å². The average molecular weight is 292 g/mol. The highest BCUT2D eigenvalue weighted by Gasteiger charge is 2.30. The first-order valence-corrected chi connectivity index (χ1v) is 7.84. The lowest BCUT2D eigenvalue weighted by Gasteiger charge is -2.31. The Kier molecular flexibility index (Phi) is 3.26. The molecular weight excluding hydrogens is 272 g/mol. The van der Waals surface area contributed by atoms with Gasteiger partial charge in [0.1, 0.15) is 5.75 Å². The molecule has 1 unspecified atom stereocenters. The fourth-order valence-electron chi connectivity index (χ4n) is 3.53. The maximum atomic E-state index is 5.49. The van der Waals surface area contributed by atoms with Crippen LogP contribution in [-0.2, 0) is 0 Å². The van der Waals surface area contributed by atoms with Gasteiger partial charge in [-0.1, -0.05) is 30.3 Å². The highest BCUT2D eigenvalue weighted by Crippen LogP contribution is 2.45. The van der Waals surface area contributed by atoms with Gasteiger partial charge in [-0.15, -0.1) is 0 Å². The molecule has 0 fully saturated rings. The summed E-state index contributed by atoms with van der Waals surface area (Å²) in [4.78, 5) is 0. The van der Waals surface area contributed by atoms with Gasteiger partial charge in [0, 0.05) is 16.9 Å². The minimum atomic E-state index is 0.228. The highest BCUT2D eigenvalue weighted by molar-refractivity contribution is 5.67. The Hall–Kier alpha value is -2.42. The smallest absolute Gasteiger partial charge is 0.141 e. The Labute approximate surface area is 131 Å². The summed E-state index contributed by atoms with van der Waals surface area (Å²) >= 11 is 0. The number of allylic oxidation sites excluding steroid dienone is 1. The van der Waals surface area contributed by atoms with E-state index in [0.29, 0.717) is 0 Å². The molecule has 2 N–H and O–H groups in total. The molecule has 2 aliphatic rings. The van der Waals surface area contributed by atoms with Crippen molar-refractivity contribution < 1.29 is 4.74 Å². The first kappa shape index (κ1) is 13.3. The largest absolute Gasteiger partial charge is 0.495 e. The van der Waals surface area contributed by atoms with E-state index < -0.39 is 0 Å². The number of methoxy groups -OCH3 is 1. The molecule has 2 aromatic carbocycles. The number of para-hydroxylation sites is 3. The number of benzene rings is 2. The van der Waals surface area contributed by atoms with E-state index in [4.69, 9.17) is 4.74 Å². The van der Waals surface area contributed by atoms with Crippen molar-refractivity contribution in [3.8, 4) is 5.75 Å². The second kappa shape index (κ2) is 5.41. The van der Waals surface area contributed by atoms with E-state index in [2.05, 4.69) is 41.0 Å². The van der Waals surface area contributed by atoms with Gasteiger partial charge in [-0.2, -0.15) is 0 Å². The zero-order valence-electron chi connectivity index (χ0n) is 12.7. The number of rotatable bonds is 3. The molecule has 4 rings (SSSR count). The van der Waals surface area contributed by atoms with Crippen LogP contribution in [0, 0.1) is 0 Å². The molecule has 0 spiro atoms. The van der Waals surface area contributed by atoms with Gasteiger partial charge >= 0.3 is 0 Å². The second-order valence-electron chi connectivity index (χ2n) is 5.85. The third-order valence-electron chi connectivity index (χ3n) is 4.57. The van der Waals surface area contributed by atoms with E-state index >= 15 is 0 Å². The molecule has 22 heavy (non-hydrogen) atoms. The van der Waals surface area contributed by atoms with E-state index in [1.54, 1.807) is 7.11 Å². The summed E-state index contributed by atoms with van der Waals surface area (Å²) in [6, 6.07) is 16.9. The summed E-state index contributed by atoms with van der Waals surface area (Å²) in [6.07, 6.45) is 3.53. The van der Waals surface area contributed by atoms with Gasteiger partial charge in [-0.05, 0) is 43.0 Å². The average Bonchev–Trinajstić information content (AvgIpc) is 3.03. The van der Waals surface area contributed by atoms with E-state index in [9.17, 15) is 0 Å². The first-order chi connectivity index (χ1) is 10.9. The minimum absolute atomic E-state index is 0.228.